The maximum absolute atomic E-state index is 12.5. The summed E-state index contributed by atoms with van der Waals surface area (Å²) in [5.74, 6) is 1.70. The van der Waals surface area contributed by atoms with Gasteiger partial charge in [-0.1, -0.05) is 43.9 Å². The summed E-state index contributed by atoms with van der Waals surface area (Å²) in [6, 6.07) is 5.62. The number of thioether (sulfide) groups is 1. The fourth-order valence-corrected chi connectivity index (χ4v) is 3.50. The van der Waals surface area contributed by atoms with E-state index in [1.165, 1.54) is 11.8 Å². The van der Waals surface area contributed by atoms with Crippen molar-refractivity contribution < 1.29 is 14.3 Å². The highest BCUT2D eigenvalue weighted by molar-refractivity contribution is 8.26. The van der Waals surface area contributed by atoms with Gasteiger partial charge in [-0.15, -0.1) is 0 Å². The lowest BCUT2D eigenvalue weighted by molar-refractivity contribution is -0.122. The van der Waals surface area contributed by atoms with Crippen molar-refractivity contribution in [1.29, 1.82) is 0 Å². The Bertz CT molecular complexity index is 641. The van der Waals surface area contributed by atoms with Crippen molar-refractivity contribution in [3.63, 3.8) is 0 Å². The van der Waals surface area contributed by atoms with E-state index >= 15 is 0 Å². The highest BCUT2D eigenvalue weighted by Crippen LogP contribution is 2.35. The normalized spacial score (nSPS) is 16.6. The Morgan fingerprint density at radius 1 is 1.35 bits per heavy atom. The third kappa shape index (κ3) is 4.26. The highest BCUT2D eigenvalue weighted by atomic mass is 32.2. The van der Waals surface area contributed by atoms with Gasteiger partial charge in [-0.2, -0.15) is 0 Å². The smallest absolute Gasteiger partial charge is 0.266 e. The van der Waals surface area contributed by atoms with E-state index in [0.717, 1.165) is 5.56 Å². The summed E-state index contributed by atoms with van der Waals surface area (Å²) in [6.45, 7) is 7.28. The van der Waals surface area contributed by atoms with E-state index in [9.17, 15) is 4.79 Å². The molecule has 1 fully saturated rings. The Hall–Kier alpha value is -1.53. The first kappa shape index (κ1) is 17.8. The van der Waals surface area contributed by atoms with Gasteiger partial charge in [0, 0.05) is 6.54 Å². The van der Waals surface area contributed by atoms with Crippen molar-refractivity contribution in [2.24, 2.45) is 5.92 Å². The topological polar surface area (TPSA) is 38.8 Å². The maximum atomic E-state index is 12.5. The summed E-state index contributed by atoms with van der Waals surface area (Å²) in [4.78, 5) is 14.8. The predicted octanol–water partition coefficient (Wildman–Crippen LogP) is 3.95. The molecular formula is C17H21NO3S2. The number of benzene rings is 1. The SMILES string of the molecule is CCOc1ccc(/C=C2/SC(=S)N(CC(C)C)C2=O)cc1OC. The molecule has 1 aliphatic rings. The molecule has 2 rings (SSSR count). The van der Waals surface area contributed by atoms with Gasteiger partial charge < -0.3 is 9.47 Å². The lowest BCUT2D eigenvalue weighted by atomic mass is 10.1. The molecule has 1 aliphatic heterocycles. The first-order chi connectivity index (χ1) is 11.0. The second-order valence-electron chi connectivity index (χ2n) is 5.53. The van der Waals surface area contributed by atoms with Crippen molar-refractivity contribution in [3.05, 3.63) is 28.7 Å². The van der Waals surface area contributed by atoms with Gasteiger partial charge in [0.15, 0.2) is 11.5 Å². The van der Waals surface area contributed by atoms with E-state index in [1.807, 2.05) is 31.2 Å². The Morgan fingerprint density at radius 3 is 2.70 bits per heavy atom. The van der Waals surface area contributed by atoms with Gasteiger partial charge in [0.25, 0.3) is 5.91 Å². The number of carbonyl (C=O) groups is 1. The molecular weight excluding hydrogens is 330 g/mol. The van der Waals surface area contributed by atoms with E-state index in [-0.39, 0.29) is 5.91 Å². The zero-order chi connectivity index (χ0) is 17.0. The van der Waals surface area contributed by atoms with Crippen LogP contribution in [0.15, 0.2) is 23.1 Å². The molecule has 1 heterocycles. The Morgan fingerprint density at radius 2 is 2.09 bits per heavy atom. The minimum absolute atomic E-state index is 0.0263. The molecule has 4 nitrogen and oxygen atoms in total. The second kappa shape index (κ2) is 7.84. The van der Waals surface area contributed by atoms with Crippen LogP contribution in [0, 0.1) is 5.92 Å². The number of rotatable bonds is 6. The average Bonchev–Trinajstić information content (AvgIpc) is 2.76. The third-order valence-electron chi connectivity index (χ3n) is 3.21. The number of hydrogen-bond donors (Lipinski definition) is 0. The van der Waals surface area contributed by atoms with E-state index in [0.29, 0.717) is 39.8 Å². The number of amides is 1. The molecule has 1 amide bonds. The summed E-state index contributed by atoms with van der Waals surface area (Å²) in [5.41, 5.74) is 0.885. The Kier molecular flexibility index (Phi) is 6.07. The summed E-state index contributed by atoms with van der Waals surface area (Å²) < 4.78 is 11.5. The number of carbonyl (C=O) groups excluding carboxylic acids is 1. The standard InChI is InChI=1S/C17H21NO3S2/c1-5-21-13-7-6-12(8-14(13)20-4)9-15-16(19)18(10-11(2)3)17(22)23-15/h6-9,11H,5,10H2,1-4H3/b15-9+. The maximum Gasteiger partial charge on any atom is 0.266 e. The lowest BCUT2D eigenvalue weighted by Gasteiger charge is -2.16. The second-order valence-corrected chi connectivity index (χ2v) is 7.21. The molecule has 23 heavy (non-hydrogen) atoms. The minimum atomic E-state index is -0.0263. The van der Waals surface area contributed by atoms with Crippen LogP contribution in [-0.2, 0) is 4.79 Å². The van der Waals surface area contributed by atoms with E-state index in [2.05, 4.69) is 13.8 Å². The van der Waals surface area contributed by atoms with Crippen LogP contribution < -0.4 is 9.47 Å². The van der Waals surface area contributed by atoms with E-state index < -0.39 is 0 Å². The number of thiocarbonyl (C=S) groups is 1. The first-order valence-electron chi connectivity index (χ1n) is 7.52. The molecule has 0 saturated carbocycles. The summed E-state index contributed by atoms with van der Waals surface area (Å²) in [7, 11) is 1.60. The molecule has 0 unspecified atom stereocenters. The van der Waals surface area contributed by atoms with Crippen molar-refractivity contribution in [1.82, 2.24) is 4.90 Å². The van der Waals surface area contributed by atoms with Crippen LogP contribution in [0.5, 0.6) is 11.5 Å². The predicted molar refractivity (Wildman–Crippen MR) is 98.9 cm³/mol. The Balaban J connectivity index is 2.25. The summed E-state index contributed by atoms with van der Waals surface area (Å²) in [6.07, 6.45) is 1.85. The van der Waals surface area contributed by atoms with Gasteiger partial charge in [-0.25, -0.2) is 0 Å². The molecule has 0 N–H and O–H groups in total. The van der Waals surface area contributed by atoms with Crippen LogP contribution in [0.2, 0.25) is 0 Å². The van der Waals surface area contributed by atoms with Gasteiger partial charge in [0.05, 0.1) is 18.6 Å². The molecule has 1 aromatic rings. The molecule has 0 spiro atoms. The number of nitrogens with zero attached hydrogens (tertiary/aromatic N) is 1. The zero-order valence-corrected chi connectivity index (χ0v) is 15.4. The molecule has 6 heteroatoms. The molecule has 0 bridgehead atoms. The van der Waals surface area contributed by atoms with Gasteiger partial charge in [0.2, 0.25) is 0 Å². The van der Waals surface area contributed by atoms with Crippen molar-refractivity contribution in [3.8, 4) is 11.5 Å². The molecule has 124 valence electrons. The number of hydrogen-bond acceptors (Lipinski definition) is 5. The van der Waals surface area contributed by atoms with Crippen LogP contribution in [0.3, 0.4) is 0 Å². The molecule has 1 aromatic carbocycles. The molecule has 0 radical (unpaired) electrons. The van der Waals surface area contributed by atoms with E-state index in [1.54, 1.807) is 12.0 Å². The molecule has 1 saturated heterocycles. The van der Waals surface area contributed by atoms with Gasteiger partial charge in [-0.3, -0.25) is 9.69 Å². The highest BCUT2D eigenvalue weighted by Gasteiger charge is 2.32. The van der Waals surface area contributed by atoms with Crippen LogP contribution >= 0.6 is 24.0 Å². The van der Waals surface area contributed by atoms with E-state index in [4.69, 9.17) is 21.7 Å². The first-order valence-corrected chi connectivity index (χ1v) is 8.75. The molecule has 0 atom stereocenters. The van der Waals surface area contributed by atoms with Crippen LogP contribution in [0.25, 0.3) is 6.08 Å². The van der Waals surface area contributed by atoms with Gasteiger partial charge in [-0.05, 0) is 36.6 Å². The largest absolute Gasteiger partial charge is 0.493 e. The monoisotopic (exact) mass is 351 g/mol. The quantitative estimate of drug-likeness (QED) is 0.573. The van der Waals surface area contributed by atoms with Crippen molar-refractivity contribution in [2.75, 3.05) is 20.3 Å². The molecule has 0 aliphatic carbocycles. The fourth-order valence-electron chi connectivity index (χ4n) is 2.22. The Labute approximate surface area is 146 Å². The lowest BCUT2D eigenvalue weighted by Crippen LogP contribution is -2.31. The summed E-state index contributed by atoms with van der Waals surface area (Å²) in [5, 5.41) is 0. The number of ether oxygens (including phenoxy) is 2. The van der Waals surface area contributed by atoms with Gasteiger partial charge >= 0.3 is 0 Å². The number of methoxy groups -OCH3 is 1. The van der Waals surface area contributed by atoms with Crippen molar-refractivity contribution in [2.45, 2.75) is 20.8 Å². The third-order valence-corrected chi connectivity index (χ3v) is 4.58. The zero-order valence-electron chi connectivity index (χ0n) is 13.8. The van der Waals surface area contributed by atoms with Gasteiger partial charge in [0.1, 0.15) is 4.32 Å². The summed E-state index contributed by atoms with van der Waals surface area (Å²) >= 11 is 6.66. The minimum Gasteiger partial charge on any atom is -0.493 e. The fraction of sp³-hybridized carbons (Fsp3) is 0.412. The molecule has 0 aromatic heterocycles. The van der Waals surface area contributed by atoms with Crippen LogP contribution in [0.1, 0.15) is 26.3 Å². The van der Waals surface area contributed by atoms with Crippen LogP contribution in [-0.4, -0.2) is 35.4 Å². The average molecular weight is 351 g/mol. The van der Waals surface area contributed by atoms with Crippen molar-refractivity contribution >= 4 is 40.3 Å². The van der Waals surface area contributed by atoms with Crippen LogP contribution in [0.4, 0.5) is 0 Å².